The SMILES string of the molecule is CN1Cc2cc(O)ccc2C(c2ccc(O)cc2)=C1c1ccccc1. The van der Waals surface area contributed by atoms with E-state index >= 15 is 0 Å². The van der Waals surface area contributed by atoms with Crippen LogP contribution in [0, 0.1) is 0 Å². The maximum Gasteiger partial charge on any atom is 0.115 e. The van der Waals surface area contributed by atoms with E-state index in [0.717, 1.165) is 40.1 Å². The first kappa shape index (κ1) is 15.3. The Morgan fingerprint density at radius 3 is 2.16 bits per heavy atom. The van der Waals surface area contributed by atoms with E-state index in [0.29, 0.717) is 0 Å². The van der Waals surface area contributed by atoms with Crippen molar-refractivity contribution in [2.24, 2.45) is 0 Å². The van der Waals surface area contributed by atoms with Crippen LogP contribution in [-0.4, -0.2) is 22.2 Å². The van der Waals surface area contributed by atoms with Crippen LogP contribution in [0.5, 0.6) is 11.5 Å². The first-order valence-electron chi connectivity index (χ1n) is 8.26. The Hall–Kier alpha value is -3.20. The molecular weight excluding hydrogens is 310 g/mol. The van der Waals surface area contributed by atoms with Gasteiger partial charge in [-0.2, -0.15) is 0 Å². The summed E-state index contributed by atoms with van der Waals surface area (Å²) in [4.78, 5) is 2.21. The van der Waals surface area contributed by atoms with Crippen molar-refractivity contribution in [3.63, 3.8) is 0 Å². The molecule has 0 atom stereocenters. The van der Waals surface area contributed by atoms with Gasteiger partial charge in [-0.3, -0.25) is 0 Å². The third-order valence-electron chi connectivity index (χ3n) is 4.59. The van der Waals surface area contributed by atoms with E-state index in [1.54, 1.807) is 18.2 Å². The van der Waals surface area contributed by atoms with Crippen LogP contribution < -0.4 is 0 Å². The molecule has 0 saturated heterocycles. The predicted molar refractivity (Wildman–Crippen MR) is 100 cm³/mol. The summed E-state index contributed by atoms with van der Waals surface area (Å²) in [6, 6.07) is 23.1. The van der Waals surface area contributed by atoms with Crippen LogP contribution in [0.25, 0.3) is 11.3 Å². The van der Waals surface area contributed by atoms with E-state index < -0.39 is 0 Å². The molecule has 0 spiro atoms. The van der Waals surface area contributed by atoms with Crippen molar-refractivity contribution in [2.45, 2.75) is 6.54 Å². The Bertz CT molecular complexity index is 944. The molecule has 0 bridgehead atoms. The highest BCUT2D eigenvalue weighted by Gasteiger charge is 2.25. The molecule has 0 aliphatic carbocycles. The zero-order chi connectivity index (χ0) is 17.4. The summed E-state index contributed by atoms with van der Waals surface area (Å²) in [6.07, 6.45) is 0. The van der Waals surface area contributed by atoms with Gasteiger partial charge in [-0.1, -0.05) is 48.5 Å². The van der Waals surface area contributed by atoms with Crippen molar-refractivity contribution in [1.29, 1.82) is 0 Å². The van der Waals surface area contributed by atoms with Crippen molar-refractivity contribution >= 4 is 11.3 Å². The largest absolute Gasteiger partial charge is 0.508 e. The maximum absolute atomic E-state index is 9.88. The minimum absolute atomic E-state index is 0.251. The molecule has 124 valence electrons. The molecule has 0 radical (unpaired) electrons. The molecule has 1 aliphatic rings. The Labute approximate surface area is 147 Å². The molecule has 0 amide bonds. The molecule has 0 aromatic heterocycles. The molecule has 3 aromatic rings. The first-order chi connectivity index (χ1) is 12.1. The monoisotopic (exact) mass is 329 g/mol. The van der Waals surface area contributed by atoms with Crippen LogP contribution in [0.1, 0.15) is 22.3 Å². The second kappa shape index (κ2) is 6.02. The van der Waals surface area contributed by atoms with Crippen LogP contribution >= 0.6 is 0 Å². The first-order valence-corrected chi connectivity index (χ1v) is 8.26. The molecule has 0 unspecified atom stereocenters. The smallest absolute Gasteiger partial charge is 0.115 e. The van der Waals surface area contributed by atoms with E-state index in [2.05, 4.69) is 24.1 Å². The molecular formula is C22H19NO2. The minimum Gasteiger partial charge on any atom is -0.508 e. The number of aromatic hydroxyl groups is 2. The molecule has 1 aliphatic heterocycles. The standard InChI is InChI=1S/C22H19NO2/c1-23-14-17-13-19(25)11-12-20(17)21(15-7-9-18(24)10-8-15)22(23)16-5-3-2-4-6-16/h2-13,24-25H,14H2,1H3. The molecule has 0 fully saturated rings. The lowest BCUT2D eigenvalue weighted by atomic mass is 9.86. The Kier molecular flexibility index (Phi) is 3.69. The van der Waals surface area contributed by atoms with Gasteiger partial charge in [0, 0.05) is 19.2 Å². The van der Waals surface area contributed by atoms with Gasteiger partial charge in [0.2, 0.25) is 0 Å². The summed E-state index contributed by atoms with van der Waals surface area (Å²) >= 11 is 0. The number of nitrogens with zero attached hydrogens (tertiary/aromatic N) is 1. The van der Waals surface area contributed by atoms with Gasteiger partial charge in [-0.15, -0.1) is 0 Å². The summed E-state index contributed by atoms with van der Waals surface area (Å²) < 4.78 is 0. The summed E-state index contributed by atoms with van der Waals surface area (Å²) in [5.74, 6) is 0.529. The highest BCUT2D eigenvalue weighted by atomic mass is 16.3. The van der Waals surface area contributed by atoms with Crippen molar-refractivity contribution in [1.82, 2.24) is 4.90 Å². The zero-order valence-electron chi connectivity index (χ0n) is 14.0. The molecule has 4 rings (SSSR count). The van der Waals surface area contributed by atoms with Gasteiger partial charge in [0.15, 0.2) is 0 Å². The van der Waals surface area contributed by atoms with Crippen molar-refractivity contribution in [3.8, 4) is 11.5 Å². The summed E-state index contributed by atoms with van der Waals surface area (Å²) in [5, 5.41) is 19.5. The molecule has 3 nitrogen and oxygen atoms in total. The number of hydrogen-bond donors (Lipinski definition) is 2. The topological polar surface area (TPSA) is 43.7 Å². The second-order valence-electron chi connectivity index (χ2n) is 6.33. The molecule has 3 aromatic carbocycles. The highest BCUT2D eigenvalue weighted by Crippen LogP contribution is 2.41. The van der Waals surface area contributed by atoms with Gasteiger partial charge in [-0.25, -0.2) is 0 Å². The lowest BCUT2D eigenvalue weighted by Gasteiger charge is -2.33. The van der Waals surface area contributed by atoms with Gasteiger partial charge < -0.3 is 15.1 Å². The third kappa shape index (κ3) is 2.74. The number of phenols is 2. The predicted octanol–water partition coefficient (Wildman–Crippen LogP) is 4.46. The van der Waals surface area contributed by atoms with Crippen molar-refractivity contribution in [3.05, 3.63) is 95.1 Å². The van der Waals surface area contributed by atoms with Gasteiger partial charge in [-0.05, 0) is 46.5 Å². The Balaban J connectivity index is 2.03. The van der Waals surface area contributed by atoms with Gasteiger partial charge >= 0.3 is 0 Å². The second-order valence-corrected chi connectivity index (χ2v) is 6.33. The molecule has 1 heterocycles. The normalized spacial score (nSPS) is 13.7. The zero-order valence-corrected chi connectivity index (χ0v) is 14.0. The molecule has 0 saturated carbocycles. The van der Waals surface area contributed by atoms with Crippen LogP contribution in [0.4, 0.5) is 0 Å². The van der Waals surface area contributed by atoms with E-state index in [1.165, 1.54) is 0 Å². The van der Waals surface area contributed by atoms with E-state index in [9.17, 15) is 10.2 Å². The number of hydrogen-bond acceptors (Lipinski definition) is 3. The third-order valence-corrected chi connectivity index (χ3v) is 4.59. The Morgan fingerprint density at radius 2 is 1.44 bits per heavy atom. The number of rotatable bonds is 2. The molecule has 25 heavy (non-hydrogen) atoms. The average molecular weight is 329 g/mol. The lowest BCUT2D eigenvalue weighted by molar-refractivity contribution is 0.457. The van der Waals surface area contributed by atoms with Gasteiger partial charge in [0.25, 0.3) is 0 Å². The number of fused-ring (bicyclic) bond motifs is 1. The fraction of sp³-hybridized carbons (Fsp3) is 0.0909. The Morgan fingerprint density at radius 1 is 0.760 bits per heavy atom. The molecule has 3 heteroatoms. The fourth-order valence-electron chi connectivity index (χ4n) is 3.49. The van der Waals surface area contributed by atoms with Crippen molar-refractivity contribution < 1.29 is 10.2 Å². The molecule has 2 N–H and O–H groups in total. The van der Waals surface area contributed by atoms with Crippen LogP contribution in [0.15, 0.2) is 72.8 Å². The highest BCUT2D eigenvalue weighted by molar-refractivity contribution is 6.00. The lowest BCUT2D eigenvalue weighted by Crippen LogP contribution is -2.23. The van der Waals surface area contributed by atoms with Crippen LogP contribution in [0.2, 0.25) is 0 Å². The van der Waals surface area contributed by atoms with Crippen LogP contribution in [0.3, 0.4) is 0 Å². The van der Waals surface area contributed by atoms with E-state index in [1.807, 2.05) is 42.5 Å². The maximum atomic E-state index is 9.88. The summed E-state index contributed by atoms with van der Waals surface area (Å²) in [7, 11) is 2.07. The van der Waals surface area contributed by atoms with Crippen LogP contribution in [-0.2, 0) is 6.54 Å². The van der Waals surface area contributed by atoms with Gasteiger partial charge in [0.05, 0.1) is 5.70 Å². The summed E-state index contributed by atoms with van der Waals surface area (Å²) in [5.41, 5.74) is 6.63. The minimum atomic E-state index is 0.251. The van der Waals surface area contributed by atoms with E-state index in [4.69, 9.17) is 0 Å². The number of benzene rings is 3. The van der Waals surface area contributed by atoms with E-state index in [-0.39, 0.29) is 11.5 Å². The quantitative estimate of drug-likeness (QED) is 0.729. The van der Waals surface area contributed by atoms with Crippen molar-refractivity contribution in [2.75, 3.05) is 7.05 Å². The summed E-state index contributed by atoms with van der Waals surface area (Å²) in [6.45, 7) is 0.732. The van der Waals surface area contributed by atoms with Gasteiger partial charge in [0.1, 0.15) is 11.5 Å². The average Bonchev–Trinajstić information content (AvgIpc) is 2.62. The number of phenolic OH excluding ortho intramolecular Hbond substituents is 2. The fourth-order valence-corrected chi connectivity index (χ4v) is 3.49.